The van der Waals surface area contributed by atoms with Gasteiger partial charge in [-0.25, -0.2) is 15.0 Å². The molecule has 4 aromatic rings. The lowest BCUT2D eigenvalue weighted by molar-refractivity contribution is 0.0953. The molecule has 0 saturated heterocycles. The van der Waals surface area contributed by atoms with Crippen molar-refractivity contribution in [2.24, 2.45) is 0 Å². The molecule has 1 amide bonds. The molecule has 0 unspecified atom stereocenters. The van der Waals surface area contributed by atoms with Gasteiger partial charge in [0.25, 0.3) is 5.91 Å². The van der Waals surface area contributed by atoms with Crippen molar-refractivity contribution < 1.29 is 4.79 Å². The molecule has 0 aliphatic carbocycles. The number of rotatable bonds is 9. The van der Waals surface area contributed by atoms with Crippen molar-refractivity contribution in [2.75, 3.05) is 12.7 Å². The quantitative estimate of drug-likeness (QED) is 0.145. The third-order valence-electron chi connectivity index (χ3n) is 5.55. The second-order valence-electron chi connectivity index (χ2n) is 7.60. The largest absolute Gasteiger partial charge is 0.352 e. The summed E-state index contributed by atoms with van der Waals surface area (Å²) < 4.78 is 0.871. The van der Waals surface area contributed by atoms with E-state index >= 15 is 0 Å². The number of pyridine rings is 1. The van der Waals surface area contributed by atoms with Crippen molar-refractivity contribution in [3.8, 4) is 0 Å². The van der Waals surface area contributed by atoms with E-state index in [0.29, 0.717) is 12.1 Å². The second-order valence-corrected chi connectivity index (χ2v) is 12.3. The number of hydrogen-bond acceptors (Lipinski definition) is 4. The molecule has 0 spiro atoms. The zero-order valence-corrected chi connectivity index (χ0v) is 21.2. The van der Waals surface area contributed by atoms with Crippen molar-refractivity contribution >= 4 is 51.8 Å². The predicted molar refractivity (Wildman–Crippen MR) is 144 cm³/mol. The molecule has 0 aliphatic heterocycles. The van der Waals surface area contributed by atoms with Crippen LogP contribution in [0.2, 0.25) is 0 Å². The summed E-state index contributed by atoms with van der Waals surface area (Å²) >= 11 is 2.13. The fraction of sp³-hybridized carbons (Fsp3) is 0.154. The van der Waals surface area contributed by atoms with E-state index in [2.05, 4.69) is 105 Å². The summed E-state index contributed by atoms with van der Waals surface area (Å²) in [5, 5.41) is 5.65. The highest BCUT2D eigenvalue weighted by atomic mass is 123. The Hall–Kier alpha value is -2.70. The van der Waals surface area contributed by atoms with Crippen LogP contribution in [0.3, 0.4) is 0 Å². The van der Waals surface area contributed by atoms with Gasteiger partial charge >= 0.3 is 0 Å². The molecule has 5 nitrogen and oxygen atoms in total. The fourth-order valence-corrected chi connectivity index (χ4v) is 8.47. The van der Waals surface area contributed by atoms with Crippen LogP contribution < -0.4 is 21.4 Å². The van der Waals surface area contributed by atoms with Crippen LogP contribution in [0.25, 0.3) is 0 Å². The van der Waals surface area contributed by atoms with Gasteiger partial charge < -0.3 is 5.32 Å². The molecule has 4 rings (SSSR count). The third-order valence-corrected chi connectivity index (χ3v) is 10.6. The molecule has 0 saturated carbocycles. The first-order valence-electron chi connectivity index (χ1n) is 10.9. The van der Waals surface area contributed by atoms with Gasteiger partial charge in [0, 0.05) is 25.0 Å². The van der Waals surface area contributed by atoms with E-state index in [1.165, 1.54) is 10.6 Å². The minimum Gasteiger partial charge on any atom is -0.352 e. The van der Waals surface area contributed by atoms with Crippen molar-refractivity contribution in [3.63, 3.8) is 0 Å². The van der Waals surface area contributed by atoms with E-state index in [-0.39, 0.29) is 5.91 Å². The molecule has 0 radical (unpaired) electrons. The minimum absolute atomic E-state index is 0.0816. The van der Waals surface area contributed by atoms with Crippen LogP contribution in [0.5, 0.6) is 0 Å². The molecule has 166 valence electrons. The lowest BCUT2D eigenvalue weighted by Gasteiger charge is -2.26. The molecular formula is C26H25IN4OP+. The van der Waals surface area contributed by atoms with Crippen LogP contribution >= 0.6 is 29.9 Å². The molecule has 0 atom stereocenters. The number of carbonyl (C=O) groups excluding carboxylic acids is 1. The third kappa shape index (κ3) is 5.63. The van der Waals surface area contributed by atoms with Crippen LogP contribution in [0, 0.1) is 3.70 Å². The van der Waals surface area contributed by atoms with Gasteiger partial charge in [0.05, 0.1) is 11.7 Å². The smallest absolute Gasteiger partial charge is 0.252 e. The predicted octanol–water partition coefficient (Wildman–Crippen LogP) is 3.98. The van der Waals surface area contributed by atoms with E-state index in [1.807, 2.05) is 12.3 Å². The zero-order valence-electron chi connectivity index (χ0n) is 18.1. The second kappa shape index (κ2) is 11.4. The van der Waals surface area contributed by atoms with E-state index in [9.17, 15) is 4.79 Å². The van der Waals surface area contributed by atoms with Gasteiger partial charge in [0.1, 0.15) is 27.9 Å². The van der Waals surface area contributed by atoms with E-state index in [1.54, 1.807) is 18.6 Å². The van der Waals surface area contributed by atoms with Crippen LogP contribution in [-0.4, -0.2) is 33.6 Å². The molecular weight excluding hydrogens is 538 g/mol. The highest BCUT2D eigenvalue weighted by molar-refractivity contribution is 14.1. The maximum atomic E-state index is 12.4. The maximum absolute atomic E-state index is 12.4. The van der Waals surface area contributed by atoms with Gasteiger partial charge in [-0.05, 0) is 71.8 Å². The molecule has 33 heavy (non-hydrogen) atoms. The van der Waals surface area contributed by atoms with E-state index in [4.69, 9.17) is 4.98 Å². The average molecular weight is 563 g/mol. The number of amides is 1. The summed E-state index contributed by atoms with van der Waals surface area (Å²) in [6.45, 7) is 0.623. The monoisotopic (exact) mass is 563 g/mol. The highest BCUT2D eigenvalue weighted by Gasteiger charge is 2.46. The van der Waals surface area contributed by atoms with Crippen molar-refractivity contribution in [1.82, 2.24) is 20.3 Å². The molecule has 7 heteroatoms. The minimum atomic E-state index is -1.96. The fourth-order valence-electron chi connectivity index (χ4n) is 3.95. The van der Waals surface area contributed by atoms with Crippen LogP contribution in [0.4, 0.5) is 0 Å². The Morgan fingerprint density at radius 2 is 1.55 bits per heavy atom. The Bertz CT molecular complexity index is 1060. The van der Waals surface area contributed by atoms with Gasteiger partial charge in [0.2, 0.25) is 0 Å². The van der Waals surface area contributed by atoms with E-state index < -0.39 is 7.26 Å². The summed E-state index contributed by atoms with van der Waals surface area (Å²) in [6.07, 6.45) is 7.92. The molecule has 0 aliphatic rings. The Morgan fingerprint density at radius 1 is 0.848 bits per heavy atom. The van der Waals surface area contributed by atoms with Gasteiger partial charge in [-0.1, -0.05) is 36.4 Å². The highest BCUT2D eigenvalue weighted by Crippen LogP contribution is 2.55. The maximum Gasteiger partial charge on any atom is 0.252 e. The standard InChI is InChI=1S/C26H24IN4OP/c27-24-14-13-21(19-30-24)26(32)29-16-7-8-18-33(22-9-3-1-4-10-22,23-11-5-2-6-12-23)25-15-17-28-20-31-25/h1-6,9-15,17,19-20H,7-8,16,18H2/p+1/i27-4. The first-order valence-corrected chi connectivity index (χ1v) is 13.9. The lowest BCUT2D eigenvalue weighted by Crippen LogP contribution is -2.35. The molecule has 2 aromatic heterocycles. The molecule has 0 bridgehead atoms. The van der Waals surface area contributed by atoms with Gasteiger partial charge in [0.15, 0.2) is 5.44 Å². The number of hydrogen-bond donors (Lipinski definition) is 1. The van der Waals surface area contributed by atoms with Crippen LogP contribution in [-0.2, 0) is 0 Å². The summed E-state index contributed by atoms with van der Waals surface area (Å²) in [6, 6.07) is 27.1. The Labute approximate surface area is 208 Å². The van der Waals surface area contributed by atoms with Gasteiger partial charge in [-0.2, -0.15) is 0 Å². The van der Waals surface area contributed by atoms with E-state index in [0.717, 1.165) is 28.1 Å². The van der Waals surface area contributed by atoms with Crippen molar-refractivity contribution in [2.45, 2.75) is 12.8 Å². The van der Waals surface area contributed by atoms with Crippen molar-refractivity contribution in [3.05, 3.63) is 107 Å². The molecule has 0 fully saturated rings. The van der Waals surface area contributed by atoms with Gasteiger partial charge in [-0.15, -0.1) is 0 Å². The van der Waals surface area contributed by atoms with Crippen molar-refractivity contribution in [1.29, 1.82) is 0 Å². The first kappa shape index (κ1) is 23.5. The number of aromatic nitrogens is 3. The number of unbranched alkanes of at least 4 members (excludes halogenated alkanes) is 1. The molecule has 2 heterocycles. The summed E-state index contributed by atoms with van der Waals surface area (Å²) in [5.74, 6) is -0.0816. The molecule has 2 aromatic carbocycles. The summed E-state index contributed by atoms with van der Waals surface area (Å²) in [4.78, 5) is 25.5. The topological polar surface area (TPSA) is 67.8 Å². The SMILES string of the molecule is O=C(NCCCC[P+](c1ccccc1)(c1ccccc1)c1ccncn1)c1ccc([123I])nc1. The Morgan fingerprint density at radius 3 is 2.12 bits per heavy atom. The zero-order chi connectivity index (χ0) is 22.9. The van der Waals surface area contributed by atoms with Gasteiger partial charge in [-0.3, -0.25) is 4.79 Å². The molecule has 1 N–H and O–H groups in total. The Balaban J connectivity index is 1.53. The van der Waals surface area contributed by atoms with Crippen LogP contribution in [0.1, 0.15) is 23.2 Å². The number of halogens is 1. The Kier molecular flexibility index (Phi) is 8.13. The summed E-state index contributed by atoms with van der Waals surface area (Å²) in [7, 11) is -1.96. The average Bonchev–Trinajstić information content (AvgIpc) is 2.88. The number of nitrogens with zero attached hydrogens (tertiary/aromatic N) is 3. The summed E-state index contributed by atoms with van der Waals surface area (Å²) in [5.41, 5.74) is 1.68. The number of nitrogens with one attached hydrogen (secondary N) is 1. The first-order chi connectivity index (χ1) is 16.2. The number of carbonyl (C=O) groups is 1. The normalized spacial score (nSPS) is 11.2. The number of benzene rings is 2. The lowest BCUT2D eigenvalue weighted by atomic mass is 10.2. The van der Waals surface area contributed by atoms with Crippen LogP contribution in [0.15, 0.2) is 97.6 Å².